The number of fused-ring (bicyclic) bond motifs is 1. The molecule has 0 spiro atoms. The SMILES string of the molecule is COC(=O)C1=C(C)N(c2cccc(C(F)(F)F)c2)c2n[nH]c(=O)n2[C@@H]1c1ccc(C#N)cc1C[N+](C)(C)CC1COC1.O=C[O-]. The van der Waals surface area contributed by atoms with Gasteiger partial charge in [0.05, 0.1) is 69.7 Å². The molecule has 1 atom stereocenters. The number of quaternary nitrogens is 1. The first kappa shape index (κ1) is 33.0. The number of hydrogen-bond acceptors (Lipinski definition) is 9. The first-order chi connectivity index (χ1) is 21.3. The molecular weight excluding hydrogens is 597 g/mol. The molecule has 2 aromatic carbocycles. The second-order valence-electron chi connectivity index (χ2n) is 11.3. The summed E-state index contributed by atoms with van der Waals surface area (Å²) in [4.78, 5) is 36.3. The Morgan fingerprint density at radius 3 is 2.53 bits per heavy atom. The topological polar surface area (TPSA) is 153 Å². The average molecular weight is 629 g/mol. The third-order valence-electron chi connectivity index (χ3n) is 7.60. The summed E-state index contributed by atoms with van der Waals surface area (Å²) in [7, 11) is 5.30. The lowest BCUT2D eigenvalue weighted by molar-refractivity contribution is -0.908. The first-order valence-corrected chi connectivity index (χ1v) is 13.7. The van der Waals surface area contributed by atoms with Crippen LogP contribution < -0.4 is 15.7 Å². The highest BCUT2D eigenvalue weighted by atomic mass is 19.4. The van der Waals surface area contributed by atoms with E-state index in [2.05, 4.69) is 30.4 Å². The van der Waals surface area contributed by atoms with Crippen LogP contribution in [0.15, 0.2) is 58.5 Å². The Morgan fingerprint density at radius 1 is 1.27 bits per heavy atom. The number of nitrogens with zero attached hydrogens (tertiary/aromatic N) is 5. The van der Waals surface area contributed by atoms with E-state index in [0.29, 0.717) is 41.3 Å². The number of halogens is 3. The van der Waals surface area contributed by atoms with Gasteiger partial charge in [0.25, 0.3) is 0 Å². The number of benzene rings is 2. The molecule has 15 heteroatoms. The van der Waals surface area contributed by atoms with Gasteiger partial charge < -0.3 is 23.9 Å². The molecule has 238 valence electrons. The first-order valence-electron chi connectivity index (χ1n) is 13.7. The van der Waals surface area contributed by atoms with Crippen molar-refractivity contribution in [2.24, 2.45) is 5.92 Å². The summed E-state index contributed by atoms with van der Waals surface area (Å²) in [5.41, 5.74) is 0.484. The number of ether oxygens (including phenoxy) is 2. The third kappa shape index (κ3) is 6.76. The molecule has 2 aliphatic rings. The van der Waals surface area contributed by atoms with Gasteiger partial charge in [0.15, 0.2) is 0 Å². The van der Waals surface area contributed by atoms with E-state index in [1.165, 1.54) is 28.7 Å². The van der Waals surface area contributed by atoms with Crippen molar-refractivity contribution in [1.82, 2.24) is 14.8 Å². The minimum Gasteiger partial charge on any atom is -0.554 e. The van der Waals surface area contributed by atoms with Crippen LogP contribution >= 0.6 is 0 Å². The molecule has 0 saturated carbocycles. The quantitative estimate of drug-likeness (QED) is 0.236. The monoisotopic (exact) mass is 628 g/mol. The van der Waals surface area contributed by atoms with E-state index in [1.807, 2.05) is 0 Å². The Hall–Kier alpha value is -4.94. The van der Waals surface area contributed by atoms with E-state index in [1.54, 1.807) is 25.1 Å². The number of methoxy groups -OCH3 is 1. The molecule has 1 saturated heterocycles. The minimum absolute atomic E-state index is 0.00477. The highest BCUT2D eigenvalue weighted by molar-refractivity contribution is 5.93. The van der Waals surface area contributed by atoms with Crippen LogP contribution in [-0.4, -0.2) is 72.7 Å². The van der Waals surface area contributed by atoms with E-state index in [-0.39, 0.29) is 22.9 Å². The van der Waals surface area contributed by atoms with Crippen LogP contribution in [-0.2, 0) is 31.8 Å². The van der Waals surface area contributed by atoms with Crippen LogP contribution in [0.1, 0.15) is 35.2 Å². The van der Waals surface area contributed by atoms with Crippen LogP contribution in [0, 0.1) is 17.2 Å². The van der Waals surface area contributed by atoms with Crippen LogP contribution in [0.5, 0.6) is 0 Å². The summed E-state index contributed by atoms with van der Waals surface area (Å²) in [5, 5.41) is 24.5. The van der Waals surface area contributed by atoms with Gasteiger partial charge in [-0.3, -0.25) is 4.90 Å². The molecule has 45 heavy (non-hydrogen) atoms. The zero-order valence-electron chi connectivity index (χ0n) is 24.9. The molecule has 0 unspecified atom stereocenters. The van der Waals surface area contributed by atoms with Gasteiger partial charge in [0.2, 0.25) is 5.95 Å². The predicted octanol–water partition coefficient (Wildman–Crippen LogP) is 2.24. The molecule has 0 bridgehead atoms. The van der Waals surface area contributed by atoms with Crippen molar-refractivity contribution < 1.29 is 41.8 Å². The number of anilines is 2. The number of hydrogen-bond donors (Lipinski definition) is 1. The molecule has 1 N–H and O–H groups in total. The summed E-state index contributed by atoms with van der Waals surface area (Å²) in [6.45, 7) is 3.68. The fourth-order valence-corrected chi connectivity index (χ4v) is 5.77. The van der Waals surface area contributed by atoms with Gasteiger partial charge in [-0.25, -0.2) is 19.3 Å². The normalized spacial score (nSPS) is 16.6. The smallest absolute Gasteiger partial charge is 0.416 e. The molecule has 0 radical (unpaired) electrons. The number of alkyl halides is 3. The van der Waals surface area contributed by atoms with Gasteiger partial charge in [-0.05, 0) is 42.8 Å². The van der Waals surface area contributed by atoms with E-state index >= 15 is 0 Å². The van der Waals surface area contributed by atoms with Crippen molar-refractivity contribution >= 4 is 24.1 Å². The number of allylic oxidation sites excluding steroid dienone is 1. The largest absolute Gasteiger partial charge is 0.554 e. The number of nitriles is 1. The number of nitrogens with one attached hydrogen (secondary N) is 1. The Kier molecular flexibility index (Phi) is 9.50. The fourth-order valence-electron chi connectivity index (χ4n) is 5.77. The zero-order valence-corrected chi connectivity index (χ0v) is 24.9. The number of aromatic nitrogens is 3. The van der Waals surface area contributed by atoms with Crippen molar-refractivity contribution in [3.63, 3.8) is 0 Å². The number of carboxylic acid groups (broad SMARTS) is 1. The summed E-state index contributed by atoms with van der Waals surface area (Å²) in [5.74, 6) is -0.372. The number of esters is 1. The molecule has 3 aromatic rings. The Bertz CT molecular complexity index is 1720. The standard InChI is InChI=1S/C29H29F3N6O4.CH2O2/c1-17-24(26(39)41-4)25(23-9-8-18(12-33)10-20(23)14-38(2,3)13-19-15-42-16-19)37-27(34-35-28(37)40)36(17)22-7-5-6-21(11-22)29(30,31)32;2-1-3/h5-11,19,25H,13-16H2,1-4H3;1H,(H,2,3)/t25-;/m1./s1. The molecule has 1 aromatic heterocycles. The molecule has 0 aliphatic carbocycles. The molecular formula is C30H31F3N6O6. The highest BCUT2D eigenvalue weighted by Crippen LogP contribution is 2.44. The van der Waals surface area contributed by atoms with Crippen LogP contribution in [0.2, 0.25) is 0 Å². The molecule has 1 fully saturated rings. The second kappa shape index (κ2) is 13.0. The maximum Gasteiger partial charge on any atom is 0.416 e. The van der Waals surface area contributed by atoms with Crippen LogP contribution in [0.3, 0.4) is 0 Å². The van der Waals surface area contributed by atoms with Gasteiger partial charge in [0.1, 0.15) is 12.6 Å². The number of rotatable bonds is 7. The lowest BCUT2D eigenvalue weighted by atomic mass is 9.89. The highest BCUT2D eigenvalue weighted by Gasteiger charge is 2.41. The third-order valence-corrected chi connectivity index (χ3v) is 7.60. The number of H-pyrrole nitrogens is 1. The van der Waals surface area contributed by atoms with E-state index in [0.717, 1.165) is 24.2 Å². The maximum atomic E-state index is 13.6. The van der Waals surface area contributed by atoms with Crippen molar-refractivity contribution in [3.8, 4) is 6.07 Å². The maximum absolute atomic E-state index is 13.6. The lowest BCUT2D eigenvalue weighted by Crippen LogP contribution is -2.48. The fraction of sp³-hybridized carbons (Fsp3) is 0.367. The van der Waals surface area contributed by atoms with Crippen LogP contribution in [0.4, 0.5) is 24.8 Å². The predicted molar refractivity (Wildman–Crippen MR) is 151 cm³/mol. The van der Waals surface area contributed by atoms with E-state index < -0.39 is 35.9 Å². The molecule has 12 nitrogen and oxygen atoms in total. The second-order valence-corrected chi connectivity index (χ2v) is 11.3. The van der Waals surface area contributed by atoms with Gasteiger partial charge in [-0.2, -0.15) is 18.4 Å². The Balaban J connectivity index is 0.00000148. The summed E-state index contributed by atoms with van der Waals surface area (Å²) in [6, 6.07) is 10.7. The van der Waals surface area contributed by atoms with E-state index in [9.17, 15) is 28.0 Å². The van der Waals surface area contributed by atoms with Crippen LogP contribution in [0.25, 0.3) is 0 Å². The van der Waals surface area contributed by atoms with Crippen molar-refractivity contribution in [3.05, 3.63) is 86.5 Å². The number of carbonyl (C=O) groups is 2. The number of carbonyl (C=O) groups excluding carboxylic acids is 2. The molecule has 5 rings (SSSR count). The van der Waals surface area contributed by atoms with E-state index in [4.69, 9.17) is 19.4 Å². The molecule has 0 amide bonds. The van der Waals surface area contributed by atoms with Crippen molar-refractivity contribution in [1.29, 1.82) is 5.26 Å². The molecule has 2 aliphatic heterocycles. The minimum atomic E-state index is -4.61. The van der Waals surface area contributed by atoms with Crippen molar-refractivity contribution in [2.75, 3.05) is 45.9 Å². The summed E-state index contributed by atoms with van der Waals surface area (Å²) >= 11 is 0. The Labute approximate surface area is 256 Å². The van der Waals surface area contributed by atoms with Crippen molar-refractivity contribution in [2.45, 2.75) is 25.7 Å². The van der Waals surface area contributed by atoms with Gasteiger partial charge in [-0.15, -0.1) is 5.10 Å². The Morgan fingerprint density at radius 2 is 1.96 bits per heavy atom. The number of aromatic amines is 1. The summed E-state index contributed by atoms with van der Waals surface area (Å²) < 4.78 is 53.1. The average Bonchev–Trinajstić information content (AvgIpc) is 3.34. The van der Waals surface area contributed by atoms with Gasteiger partial charge >= 0.3 is 17.8 Å². The van der Waals surface area contributed by atoms with Gasteiger partial charge in [-0.1, -0.05) is 12.1 Å². The lowest BCUT2D eigenvalue weighted by Gasteiger charge is -2.39. The van der Waals surface area contributed by atoms with Gasteiger partial charge in [0, 0.05) is 23.4 Å². The summed E-state index contributed by atoms with van der Waals surface area (Å²) in [6.07, 6.45) is -4.61. The molecule has 3 heterocycles. The zero-order chi connectivity index (χ0) is 33.1.